The van der Waals surface area contributed by atoms with Crippen LogP contribution in [0.1, 0.15) is 90.5 Å². The number of rotatable bonds is 17. The fraction of sp³-hybridized carbons (Fsp3) is 0.535. The van der Waals surface area contributed by atoms with Gasteiger partial charge in [-0.25, -0.2) is 8.42 Å². The molecule has 1 aromatic heterocycles. The number of sulfonamides is 1. The van der Waals surface area contributed by atoms with Crippen molar-refractivity contribution in [3.63, 3.8) is 0 Å². The van der Waals surface area contributed by atoms with Gasteiger partial charge < -0.3 is 29.6 Å². The second-order valence-corrected chi connectivity index (χ2v) is 17.8. The lowest BCUT2D eigenvalue weighted by atomic mass is 9.55. The fourth-order valence-electron chi connectivity index (χ4n) is 8.90. The smallest absolute Gasteiger partial charge is 0.245 e. The van der Waals surface area contributed by atoms with E-state index in [4.69, 9.17) is 19.5 Å². The second-order valence-electron chi connectivity index (χ2n) is 15.9. The Hall–Kier alpha value is -3.81. The van der Waals surface area contributed by atoms with E-state index >= 15 is 8.42 Å². The summed E-state index contributed by atoms with van der Waals surface area (Å²) in [5.41, 5.74) is 2.05. The summed E-state index contributed by atoms with van der Waals surface area (Å²) in [5, 5.41) is 36.1. The molecule has 3 aromatic rings. The van der Waals surface area contributed by atoms with E-state index in [1.807, 2.05) is 39.8 Å². The minimum atomic E-state index is -4.26. The number of ether oxygens (including phenoxy) is 2. The number of hydrogen-bond donors (Lipinski definition) is 3. The van der Waals surface area contributed by atoms with Crippen LogP contribution in [0.3, 0.4) is 0 Å². The molecule has 55 heavy (non-hydrogen) atoms. The first-order valence-electron chi connectivity index (χ1n) is 19.7. The predicted octanol–water partition coefficient (Wildman–Crippen LogP) is 7.47. The van der Waals surface area contributed by atoms with Gasteiger partial charge in [0.1, 0.15) is 22.0 Å². The van der Waals surface area contributed by atoms with Gasteiger partial charge in [0.05, 0.1) is 29.8 Å². The minimum absolute atomic E-state index is 0.00261. The third-order valence-corrected chi connectivity index (χ3v) is 13.0. The number of phenols is 1. The van der Waals surface area contributed by atoms with Crippen molar-refractivity contribution in [2.45, 2.75) is 107 Å². The Labute approximate surface area is 325 Å². The molecule has 1 fully saturated rings. The highest BCUT2D eigenvalue weighted by molar-refractivity contribution is 7.89. The number of nitrogens with zero attached hydrogens (tertiary/aromatic N) is 3. The van der Waals surface area contributed by atoms with Crippen molar-refractivity contribution in [3.05, 3.63) is 84.6 Å². The van der Waals surface area contributed by atoms with Crippen molar-refractivity contribution < 1.29 is 38.0 Å². The molecular formula is C43H57N3O8S. The molecule has 11 nitrogen and oxygen atoms in total. The van der Waals surface area contributed by atoms with E-state index in [2.05, 4.69) is 17.6 Å². The summed E-state index contributed by atoms with van der Waals surface area (Å²) in [6.45, 7) is 12.1. The molecule has 0 bridgehead atoms. The third kappa shape index (κ3) is 8.20. The van der Waals surface area contributed by atoms with Crippen LogP contribution in [0, 0.1) is 17.8 Å². The molecule has 3 N–H and O–H groups in total. The summed E-state index contributed by atoms with van der Waals surface area (Å²) >= 11 is 0. The van der Waals surface area contributed by atoms with E-state index in [9.17, 15) is 15.3 Å². The van der Waals surface area contributed by atoms with Crippen molar-refractivity contribution >= 4 is 26.6 Å². The maximum atomic E-state index is 15.3. The summed E-state index contributed by atoms with van der Waals surface area (Å²) < 4.78 is 46.3. The molecule has 0 radical (unpaired) electrons. The summed E-state index contributed by atoms with van der Waals surface area (Å²) in [7, 11) is -4.26. The van der Waals surface area contributed by atoms with Gasteiger partial charge in [-0.2, -0.15) is 4.31 Å². The van der Waals surface area contributed by atoms with Crippen molar-refractivity contribution in [2.75, 3.05) is 26.4 Å². The molecule has 0 amide bonds. The van der Waals surface area contributed by atoms with Crippen LogP contribution in [-0.2, 0) is 19.6 Å². The van der Waals surface area contributed by atoms with Gasteiger partial charge in [-0.1, -0.05) is 55.3 Å². The molecule has 0 spiro atoms. The number of allylic oxidation sites excluding steroid dienone is 1. The lowest BCUT2D eigenvalue weighted by molar-refractivity contribution is -0.251. The van der Waals surface area contributed by atoms with Gasteiger partial charge in [-0.15, -0.1) is 6.58 Å². The van der Waals surface area contributed by atoms with Crippen molar-refractivity contribution in [2.24, 2.45) is 22.9 Å². The molecular weight excluding hydrogens is 719 g/mol. The van der Waals surface area contributed by atoms with Crippen molar-refractivity contribution in [3.8, 4) is 11.5 Å². The zero-order chi connectivity index (χ0) is 39.4. The normalized spacial score (nSPS) is 25.6. The Morgan fingerprint density at radius 3 is 2.53 bits per heavy atom. The fourth-order valence-corrected chi connectivity index (χ4v) is 10.8. The number of aliphatic hydroxyl groups excluding tert-OH is 2. The number of hydrogen-bond acceptors (Lipinski definition) is 10. The number of phenolic OH excluding ortho intramolecular Hbond substituents is 1. The highest BCUT2D eigenvalue weighted by Crippen LogP contribution is 2.62. The number of benzene rings is 2. The average molecular weight is 776 g/mol. The molecule has 2 heterocycles. The van der Waals surface area contributed by atoms with Gasteiger partial charge in [-0.05, 0) is 101 Å². The monoisotopic (exact) mass is 775 g/mol. The molecule has 0 unspecified atom stereocenters. The standard InChI is InChI=1S/C43H57N3O8S/c1-6-22-46(55(50,51)37-18-12-15-29-16-13-21-44-41(29)37)38-28-35(45-54-42(3,4)5)33-26-30(14-8-10-23-47)32(17-9-11-24-48)39-34-27-31(49)19-20-36(34)53-43(38,40(33)39)52-25-7-2/h7,12-13,15-16,18-21,26-27,30,32,38-40,47-49H,2,6,8-11,14,17,22-25,28H2,1,3-5H3/t30-,32+,38-,39+,40+,43+/m0/s1. The molecule has 12 heteroatoms. The van der Waals surface area contributed by atoms with Crippen LogP contribution in [-0.4, -0.2) is 82.5 Å². The highest BCUT2D eigenvalue weighted by Gasteiger charge is 2.66. The maximum absolute atomic E-state index is 15.3. The van der Waals surface area contributed by atoms with E-state index in [1.54, 1.807) is 48.7 Å². The van der Waals surface area contributed by atoms with Gasteiger partial charge in [0.25, 0.3) is 0 Å². The maximum Gasteiger partial charge on any atom is 0.245 e. The van der Waals surface area contributed by atoms with Crippen LogP contribution in [0.4, 0.5) is 0 Å². The number of fused-ring (bicyclic) bond motifs is 3. The average Bonchev–Trinajstić information content (AvgIpc) is 3.16. The third-order valence-electron chi connectivity index (χ3n) is 11.1. The van der Waals surface area contributed by atoms with Gasteiger partial charge >= 0.3 is 0 Å². The minimum Gasteiger partial charge on any atom is -0.508 e. The first-order chi connectivity index (χ1) is 26.4. The molecule has 3 aliphatic rings. The van der Waals surface area contributed by atoms with Crippen molar-refractivity contribution in [1.29, 1.82) is 0 Å². The van der Waals surface area contributed by atoms with E-state index in [0.29, 0.717) is 41.6 Å². The van der Waals surface area contributed by atoms with Gasteiger partial charge in [0, 0.05) is 49.2 Å². The van der Waals surface area contributed by atoms with E-state index in [1.165, 1.54) is 4.31 Å². The lowest BCUT2D eigenvalue weighted by Gasteiger charge is -2.59. The Morgan fingerprint density at radius 2 is 1.82 bits per heavy atom. The molecule has 1 saturated carbocycles. The summed E-state index contributed by atoms with van der Waals surface area (Å²) in [6.07, 6.45) is 10.6. The second kappa shape index (κ2) is 17.1. The number of pyridine rings is 1. The molecule has 6 atom stereocenters. The van der Waals surface area contributed by atoms with Crippen LogP contribution in [0.15, 0.2) is 89.1 Å². The molecule has 298 valence electrons. The Balaban J connectivity index is 1.65. The molecule has 2 aliphatic carbocycles. The Bertz CT molecular complexity index is 1990. The summed E-state index contributed by atoms with van der Waals surface area (Å²) in [4.78, 5) is 10.8. The number of aromatic nitrogens is 1. The van der Waals surface area contributed by atoms with Gasteiger partial charge in [-0.3, -0.25) is 4.98 Å². The number of aromatic hydroxyl groups is 1. The van der Waals surface area contributed by atoms with Crippen LogP contribution in [0.25, 0.3) is 10.9 Å². The first kappa shape index (κ1) is 40.8. The first-order valence-corrected chi connectivity index (χ1v) is 21.1. The predicted molar refractivity (Wildman–Crippen MR) is 213 cm³/mol. The largest absolute Gasteiger partial charge is 0.508 e. The zero-order valence-corrected chi connectivity index (χ0v) is 33.4. The van der Waals surface area contributed by atoms with E-state index in [-0.39, 0.29) is 61.2 Å². The molecule has 1 aliphatic heterocycles. The van der Waals surface area contributed by atoms with Gasteiger partial charge in [0.2, 0.25) is 15.8 Å². The number of unbranched alkanes of at least 4 members (excludes halogenated alkanes) is 2. The number of aliphatic hydroxyl groups is 2. The molecule has 6 rings (SSSR count). The Morgan fingerprint density at radius 1 is 1.07 bits per heavy atom. The Kier molecular flexibility index (Phi) is 12.7. The van der Waals surface area contributed by atoms with Crippen LogP contribution < -0.4 is 4.74 Å². The topological polar surface area (TPSA) is 151 Å². The zero-order valence-electron chi connectivity index (χ0n) is 32.6. The summed E-state index contributed by atoms with van der Waals surface area (Å²) in [6, 6.07) is 13.0. The van der Waals surface area contributed by atoms with Crippen LogP contribution in [0.2, 0.25) is 0 Å². The molecule has 2 aromatic carbocycles. The molecule has 0 saturated heterocycles. The van der Waals surface area contributed by atoms with E-state index in [0.717, 1.165) is 36.8 Å². The van der Waals surface area contributed by atoms with E-state index < -0.39 is 33.4 Å². The van der Waals surface area contributed by atoms with Crippen LogP contribution in [0.5, 0.6) is 11.5 Å². The summed E-state index contributed by atoms with van der Waals surface area (Å²) in [5.74, 6) is -1.77. The number of oxime groups is 1. The van der Waals surface area contributed by atoms with Gasteiger partial charge in [0.15, 0.2) is 0 Å². The quantitative estimate of drug-likeness (QED) is 0.0721. The highest BCUT2D eigenvalue weighted by atomic mass is 32.2. The van der Waals surface area contributed by atoms with Crippen molar-refractivity contribution in [1.82, 2.24) is 9.29 Å². The SMILES string of the molecule is C=CCO[C@@]12Oc3ccc(O)cc3[C@H]3[C@H](CCCCO)[C@@H](CCCCO)C=C(C(=NOC(C)(C)C)C[C@@H]1N(CCC)S(=O)(=O)c1cccc4cccnc14)[C@H]32. The van der Waals surface area contributed by atoms with Crippen LogP contribution >= 0.6 is 0 Å². The lowest BCUT2D eigenvalue weighted by Crippen LogP contribution is -2.70. The number of para-hydroxylation sites is 1.